The molecule has 7 rings (SSSR count). The third-order valence-electron chi connectivity index (χ3n) is 7.78. The second-order valence-corrected chi connectivity index (χ2v) is 36.5. The monoisotopic (exact) mass is 654 g/mol. The van der Waals surface area contributed by atoms with E-state index in [9.17, 15) is 0 Å². The Balaban J connectivity index is 1.48. The van der Waals surface area contributed by atoms with Crippen molar-refractivity contribution in [3.8, 4) is 11.1 Å². The Kier molecular flexibility index (Phi) is 4.98. The molecule has 0 radical (unpaired) electrons. The van der Waals surface area contributed by atoms with Crippen LogP contribution in [0.1, 0.15) is 33.9 Å². The predicted octanol–water partition coefficient (Wildman–Crippen LogP) is 7.86. The molecule has 0 fully saturated rings. The zero-order chi connectivity index (χ0) is 24.1. The molecule has 4 aromatic carbocycles. The van der Waals surface area contributed by atoms with E-state index < -0.39 is 14.9 Å². The molecule has 35 heavy (non-hydrogen) atoms. The maximum absolute atomic E-state index is 7.74. The molecule has 3 aliphatic rings. The van der Waals surface area contributed by atoms with E-state index in [4.69, 9.17) is 26.4 Å². The van der Waals surface area contributed by atoms with Gasteiger partial charge in [-0.2, -0.15) is 0 Å². The van der Waals surface area contributed by atoms with Gasteiger partial charge in [-0.15, -0.1) is 0 Å². The SMILES string of the molecule is CN1c2ccc[c]([Zr]([SH])([Cl])([Cl])[c]3cccc4c3-c3ccccc3C4)c2C2=Cc3cc(Br)ccc3C21. The van der Waals surface area contributed by atoms with Crippen LogP contribution in [0.2, 0.25) is 0 Å². The van der Waals surface area contributed by atoms with Crippen LogP contribution in [0.5, 0.6) is 0 Å². The van der Waals surface area contributed by atoms with Gasteiger partial charge in [0.15, 0.2) is 0 Å². The number of hydrogen-bond acceptors (Lipinski definition) is 2. The van der Waals surface area contributed by atoms with Crippen molar-refractivity contribution in [1.82, 2.24) is 0 Å². The van der Waals surface area contributed by atoms with E-state index in [2.05, 4.69) is 113 Å². The minimum atomic E-state index is -5.04. The quantitative estimate of drug-likeness (QED) is 0.189. The Bertz CT molecular complexity index is 1620. The standard InChI is InChI=1S/C16H11BrN.C13H9.2ClH.H2S.Zr/c1-18-15-5-3-2-4-13(15)14-9-10-8-11(17)6-7-12(10)16(14)18;1-3-7-12-10(5-1)9-11-6-2-4-8-13(11)12;;;;/h2-3,5-9,16H,1H3;1-7H,9H2;2*1H;1H2;/q;;;;;+3/p-3. The average molecular weight is 658 g/mol. The first kappa shape index (κ1) is 22.9. The van der Waals surface area contributed by atoms with Gasteiger partial charge in [0, 0.05) is 0 Å². The fourth-order valence-corrected chi connectivity index (χ4v) is 18.7. The number of halogens is 3. The Hall–Kier alpha value is -1.29. The van der Waals surface area contributed by atoms with Crippen LogP contribution in [0, 0.1) is 0 Å². The van der Waals surface area contributed by atoms with Gasteiger partial charge in [-0.25, -0.2) is 0 Å². The van der Waals surface area contributed by atoms with Crippen LogP contribution in [0.3, 0.4) is 0 Å². The van der Waals surface area contributed by atoms with Crippen molar-refractivity contribution in [1.29, 1.82) is 0 Å². The number of hydrogen-bond donors (Lipinski definition) is 1. The summed E-state index contributed by atoms with van der Waals surface area (Å²) >= 11 is -1.41. The summed E-state index contributed by atoms with van der Waals surface area (Å²) in [5, 5.41) is 0. The van der Waals surface area contributed by atoms with Crippen LogP contribution in [0.25, 0.3) is 22.8 Å². The molecule has 2 aliphatic carbocycles. The molecule has 0 amide bonds. The molecule has 0 saturated carbocycles. The van der Waals surface area contributed by atoms with Crippen molar-refractivity contribution in [2.45, 2.75) is 12.5 Å². The number of nitrogens with zero attached hydrogens (tertiary/aromatic N) is 1. The van der Waals surface area contributed by atoms with Crippen LogP contribution in [0.15, 0.2) is 83.3 Å². The van der Waals surface area contributed by atoms with Crippen molar-refractivity contribution >= 4 is 66.2 Å². The molecule has 1 unspecified atom stereocenters. The predicted molar refractivity (Wildman–Crippen MR) is 154 cm³/mol. The molecule has 0 bridgehead atoms. The Morgan fingerprint density at radius 3 is 2.43 bits per heavy atom. The molecule has 1 nitrogen and oxygen atoms in total. The van der Waals surface area contributed by atoms with Gasteiger partial charge in [0.05, 0.1) is 0 Å². The van der Waals surface area contributed by atoms with E-state index in [1.54, 1.807) is 0 Å². The zero-order valence-corrected chi connectivity index (χ0v) is 25.3. The first-order chi connectivity index (χ1) is 16.7. The van der Waals surface area contributed by atoms with Crippen molar-refractivity contribution in [3.05, 3.63) is 111 Å². The molecule has 1 atom stereocenters. The topological polar surface area (TPSA) is 3.24 Å². The zero-order valence-electron chi connectivity index (χ0n) is 18.9. The second kappa shape index (κ2) is 7.62. The van der Waals surface area contributed by atoms with Crippen molar-refractivity contribution in [2.75, 3.05) is 11.9 Å². The molecule has 4 aromatic rings. The third-order valence-corrected chi connectivity index (χ3v) is 22.5. The molecular weight excluding hydrogens is 636 g/mol. The summed E-state index contributed by atoms with van der Waals surface area (Å²) in [5.41, 5.74) is 11.1. The Morgan fingerprint density at radius 1 is 0.886 bits per heavy atom. The summed E-state index contributed by atoms with van der Waals surface area (Å²) in [4.78, 5) is 2.35. The molecular formula is C29H21BrCl2NSZr. The van der Waals surface area contributed by atoms with Gasteiger partial charge < -0.3 is 0 Å². The van der Waals surface area contributed by atoms with Crippen LogP contribution in [0.4, 0.5) is 5.69 Å². The number of benzene rings is 4. The third kappa shape index (κ3) is 3.17. The second-order valence-electron chi connectivity index (χ2n) is 9.73. The molecule has 1 aliphatic heterocycles. The van der Waals surface area contributed by atoms with E-state index in [0.29, 0.717) is 0 Å². The summed E-state index contributed by atoms with van der Waals surface area (Å²) < 4.78 is 3.09. The first-order valence-electron chi connectivity index (χ1n) is 11.6. The summed E-state index contributed by atoms with van der Waals surface area (Å²) in [5.74, 6) is 0. The van der Waals surface area contributed by atoms with Gasteiger partial charge in [-0.3, -0.25) is 0 Å². The molecule has 0 spiro atoms. The summed E-state index contributed by atoms with van der Waals surface area (Å²) in [6.45, 7) is 0. The molecule has 0 aromatic heterocycles. The van der Waals surface area contributed by atoms with E-state index in [0.717, 1.165) is 28.7 Å². The van der Waals surface area contributed by atoms with Crippen molar-refractivity contribution < 1.29 is 14.9 Å². The van der Waals surface area contributed by atoms with Gasteiger partial charge in [-0.1, -0.05) is 0 Å². The average Bonchev–Trinajstić information content (AvgIpc) is 3.48. The number of rotatable bonds is 2. The molecule has 173 valence electrons. The van der Waals surface area contributed by atoms with Gasteiger partial charge in [0.25, 0.3) is 0 Å². The number of thiol groups is 1. The van der Waals surface area contributed by atoms with E-state index >= 15 is 0 Å². The number of likely N-dealkylation sites (N-methyl/N-ethyl adjacent to an activating group) is 1. The Morgan fingerprint density at radius 2 is 1.60 bits per heavy atom. The fourth-order valence-electron chi connectivity index (χ4n) is 6.28. The van der Waals surface area contributed by atoms with Gasteiger partial charge in [0.2, 0.25) is 0 Å². The van der Waals surface area contributed by atoms with Crippen LogP contribution in [-0.4, -0.2) is 7.05 Å². The molecule has 1 heterocycles. The minimum absolute atomic E-state index is 0.156. The Labute approximate surface area is 225 Å². The van der Waals surface area contributed by atoms with Crippen LogP contribution >= 0.6 is 42.3 Å². The van der Waals surface area contributed by atoms with E-state index in [1.807, 2.05) is 0 Å². The summed E-state index contributed by atoms with van der Waals surface area (Å²) in [6, 6.07) is 28.0. The van der Waals surface area contributed by atoms with Crippen LogP contribution < -0.4 is 11.4 Å². The molecule has 6 heteroatoms. The van der Waals surface area contributed by atoms with E-state index in [1.165, 1.54) is 39.0 Å². The van der Waals surface area contributed by atoms with Gasteiger partial charge >= 0.3 is 228 Å². The first-order valence-corrected chi connectivity index (χ1v) is 25.0. The summed E-state index contributed by atoms with van der Waals surface area (Å²) in [6.07, 6.45) is 3.20. The summed E-state index contributed by atoms with van der Waals surface area (Å²) in [7, 11) is 23.0. The van der Waals surface area contributed by atoms with Crippen molar-refractivity contribution in [3.63, 3.8) is 0 Å². The normalized spacial score (nSPS) is 18.2. The van der Waals surface area contributed by atoms with Gasteiger partial charge in [0.1, 0.15) is 0 Å². The number of anilines is 1. The maximum atomic E-state index is 7.74. The van der Waals surface area contributed by atoms with Crippen LogP contribution in [-0.2, 0) is 21.4 Å². The molecule has 0 N–H and O–H groups in total. The van der Waals surface area contributed by atoms with Gasteiger partial charge in [-0.05, 0) is 0 Å². The molecule has 0 saturated heterocycles. The van der Waals surface area contributed by atoms with E-state index in [-0.39, 0.29) is 6.04 Å². The van der Waals surface area contributed by atoms with Crippen molar-refractivity contribution in [2.24, 2.45) is 0 Å². The fraction of sp³-hybridized carbons (Fsp3) is 0.103. The number of fused-ring (bicyclic) bond motifs is 8.